The van der Waals surface area contributed by atoms with E-state index < -0.39 is 6.04 Å². The van der Waals surface area contributed by atoms with Gasteiger partial charge in [-0.05, 0) is 24.0 Å². The molecular weight excluding hydrogens is 414 g/mol. The molecule has 0 N–H and O–H groups in total. The lowest BCUT2D eigenvalue weighted by molar-refractivity contribution is -0.561. The Balaban J connectivity index is 1.38. The molecule has 1 fully saturated rings. The van der Waals surface area contributed by atoms with E-state index in [0.717, 1.165) is 38.4 Å². The van der Waals surface area contributed by atoms with E-state index in [-0.39, 0.29) is 11.9 Å². The molecule has 170 valence electrons. The summed E-state index contributed by atoms with van der Waals surface area (Å²) in [4.78, 5) is 36.5. The number of carbonyl (C=O) groups excluding carboxylic acids is 2. The highest BCUT2D eigenvalue weighted by Gasteiger charge is 2.57. The van der Waals surface area contributed by atoms with Crippen LogP contribution in [0.5, 0.6) is 0 Å². The minimum Gasteiger partial charge on any atom is -0.270 e. The van der Waals surface area contributed by atoms with Crippen LogP contribution in [0.1, 0.15) is 24.5 Å². The summed E-state index contributed by atoms with van der Waals surface area (Å²) in [6.07, 6.45) is 1.57. The number of urea groups is 1. The summed E-state index contributed by atoms with van der Waals surface area (Å²) in [5, 5.41) is 0. The molecular formula is C26H30N5O2+. The van der Waals surface area contributed by atoms with Crippen LogP contribution in [-0.2, 0) is 17.8 Å². The predicted octanol–water partition coefficient (Wildman–Crippen LogP) is 2.81. The predicted molar refractivity (Wildman–Crippen MR) is 127 cm³/mol. The lowest BCUT2D eigenvalue weighted by Crippen LogP contribution is -2.65. The van der Waals surface area contributed by atoms with Crippen molar-refractivity contribution in [2.24, 2.45) is 10.9 Å². The van der Waals surface area contributed by atoms with Crippen LogP contribution in [0.4, 0.5) is 4.79 Å². The summed E-state index contributed by atoms with van der Waals surface area (Å²) >= 11 is 0. The number of amides is 3. The maximum absolute atomic E-state index is 13.6. The van der Waals surface area contributed by atoms with Gasteiger partial charge in [0.2, 0.25) is 11.9 Å². The third-order valence-electron chi connectivity index (χ3n) is 6.62. The first kappa shape index (κ1) is 21.4. The Morgan fingerprint density at radius 2 is 1.67 bits per heavy atom. The highest BCUT2D eigenvalue weighted by atomic mass is 16.2. The van der Waals surface area contributed by atoms with Gasteiger partial charge in [-0.25, -0.2) is 9.69 Å². The first-order valence-corrected chi connectivity index (χ1v) is 11.7. The van der Waals surface area contributed by atoms with Crippen molar-refractivity contribution in [2.45, 2.75) is 32.4 Å². The van der Waals surface area contributed by atoms with Crippen molar-refractivity contribution in [3.63, 3.8) is 0 Å². The number of benzene rings is 2. The molecule has 7 heteroatoms. The number of likely N-dealkylation sites (N-methyl/N-ethyl adjacent to an activating group) is 1. The molecule has 3 aliphatic rings. The van der Waals surface area contributed by atoms with E-state index in [9.17, 15) is 9.59 Å². The highest BCUT2D eigenvalue weighted by Crippen LogP contribution is 2.27. The molecule has 0 radical (unpaired) electrons. The first-order chi connectivity index (χ1) is 16.0. The number of hydrogen-bond donors (Lipinski definition) is 0. The van der Waals surface area contributed by atoms with E-state index in [4.69, 9.17) is 4.99 Å². The largest absolute Gasteiger partial charge is 0.392 e. The molecule has 0 saturated carbocycles. The fourth-order valence-corrected chi connectivity index (χ4v) is 5.03. The SMILES string of the molecule is CC1CN2C(=[N+](Cc3ccccc3)C1)N=C1C2C(=O)N(CCCc2ccccc2)C(=O)N1C. The minimum atomic E-state index is -0.527. The average molecular weight is 445 g/mol. The summed E-state index contributed by atoms with van der Waals surface area (Å²) in [5.41, 5.74) is 2.41. The molecule has 5 rings (SSSR count). The first-order valence-electron chi connectivity index (χ1n) is 11.7. The van der Waals surface area contributed by atoms with Gasteiger partial charge in [0.05, 0.1) is 19.6 Å². The van der Waals surface area contributed by atoms with Crippen LogP contribution in [0.3, 0.4) is 0 Å². The number of aliphatic imine (C=N–C) groups is 1. The normalized spacial score (nSPS) is 22.5. The zero-order valence-corrected chi connectivity index (χ0v) is 19.2. The van der Waals surface area contributed by atoms with Crippen molar-refractivity contribution in [1.82, 2.24) is 14.7 Å². The molecule has 0 aromatic heterocycles. The zero-order chi connectivity index (χ0) is 22.9. The molecule has 0 spiro atoms. The van der Waals surface area contributed by atoms with Gasteiger partial charge >= 0.3 is 12.0 Å². The number of hydrogen-bond acceptors (Lipinski definition) is 4. The number of guanidine groups is 1. The van der Waals surface area contributed by atoms with Gasteiger partial charge < -0.3 is 0 Å². The highest BCUT2D eigenvalue weighted by molar-refractivity contribution is 6.25. The van der Waals surface area contributed by atoms with Crippen LogP contribution < -0.4 is 0 Å². The van der Waals surface area contributed by atoms with Crippen molar-refractivity contribution < 1.29 is 14.2 Å². The van der Waals surface area contributed by atoms with Crippen molar-refractivity contribution in [3.8, 4) is 0 Å². The Labute approximate surface area is 194 Å². The summed E-state index contributed by atoms with van der Waals surface area (Å²) in [7, 11) is 1.73. The van der Waals surface area contributed by atoms with Gasteiger partial charge in [0.25, 0.3) is 5.91 Å². The maximum atomic E-state index is 13.6. The average Bonchev–Trinajstić information content (AvgIpc) is 3.21. The van der Waals surface area contributed by atoms with E-state index in [2.05, 4.69) is 40.7 Å². The molecule has 2 unspecified atom stereocenters. The Bertz CT molecular complexity index is 1110. The second kappa shape index (κ2) is 8.81. The smallest absolute Gasteiger partial charge is 0.270 e. The lowest BCUT2D eigenvalue weighted by Gasteiger charge is -2.36. The van der Waals surface area contributed by atoms with E-state index in [1.165, 1.54) is 16.0 Å². The van der Waals surface area contributed by atoms with E-state index >= 15 is 0 Å². The standard InChI is InChI=1S/C26H30N5O2/c1-19-16-29(18-21-12-7-4-8-13-21)25-27-23-22(31(25)17-19)24(32)30(26(33)28(23)2)15-9-14-20-10-5-3-6-11-20/h3-8,10-13,19,22H,9,14-18H2,1-2H3/q+1. The molecule has 2 aromatic rings. The van der Waals surface area contributed by atoms with Crippen molar-refractivity contribution in [3.05, 3.63) is 71.8 Å². The fraction of sp³-hybridized carbons (Fsp3) is 0.385. The van der Waals surface area contributed by atoms with E-state index in [1.807, 2.05) is 36.4 Å². The second-order valence-corrected chi connectivity index (χ2v) is 9.22. The van der Waals surface area contributed by atoms with Gasteiger partial charge in [0.1, 0.15) is 0 Å². The van der Waals surface area contributed by atoms with Gasteiger partial charge in [0.15, 0.2) is 0 Å². The summed E-state index contributed by atoms with van der Waals surface area (Å²) < 4.78 is 2.24. The number of amidine groups is 1. The third kappa shape index (κ3) is 4.03. The van der Waals surface area contributed by atoms with E-state index in [1.54, 1.807) is 11.9 Å². The van der Waals surface area contributed by atoms with Crippen LogP contribution >= 0.6 is 0 Å². The second-order valence-electron chi connectivity index (χ2n) is 9.22. The van der Waals surface area contributed by atoms with Crippen molar-refractivity contribution >= 4 is 23.7 Å². The third-order valence-corrected chi connectivity index (χ3v) is 6.62. The van der Waals surface area contributed by atoms with Gasteiger partial charge in [0, 0.05) is 19.5 Å². The molecule has 7 nitrogen and oxygen atoms in total. The van der Waals surface area contributed by atoms with Crippen molar-refractivity contribution in [1.29, 1.82) is 0 Å². The Morgan fingerprint density at radius 3 is 2.36 bits per heavy atom. The fourth-order valence-electron chi connectivity index (χ4n) is 5.03. The van der Waals surface area contributed by atoms with Crippen LogP contribution in [0.25, 0.3) is 0 Å². The van der Waals surface area contributed by atoms with Gasteiger partial charge in [-0.2, -0.15) is 0 Å². The summed E-state index contributed by atoms with van der Waals surface area (Å²) in [6.45, 7) is 4.97. The number of rotatable bonds is 6. The quantitative estimate of drug-likeness (QED) is 0.644. The molecule has 0 aliphatic carbocycles. The van der Waals surface area contributed by atoms with Crippen LogP contribution in [0, 0.1) is 5.92 Å². The summed E-state index contributed by atoms with van der Waals surface area (Å²) in [6, 6.07) is 19.6. The molecule has 33 heavy (non-hydrogen) atoms. The van der Waals surface area contributed by atoms with Crippen LogP contribution in [-0.4, -0.2) is 75.7 Å². The molecule has 0 bridgehead atoms. The van der Waals surface area contributed by atoms with Gasteiger partial charge in [-0.3, -0.25) is 19.2 Å². The molecule has 3 aliphatic heterocycles. The number of carbonyl (C=O) groups is 2. The molecule has 2 aromatic carbocycles. The molecule has 3 amide bonds. The molecule has 2 atom stereocenters. The zero-order valence-electron chi connectivity index (χ0n) is 19.2. The van der Waals surface area contributed by atoms with Crippen LogP contribution in [0.15, 0.2) is 65.7 Å². The summed E-state index contributed by atoms with van der Waals surface area (Å²) in [5.74, 6) is 1.57. The topological polar surface area (TPSA) is 59.2 Å². The van der Waals surface area contributed by atoms with E-state index in [0.29, 0.717) is 18.3 Å². The van der Waals surface area contributed by atoms with Gasteiger partial charge in [-0.15, -0.1) is 0 Å². The number of nitrogens with zero attached hydrogens (tertiary/aromatic N) is 5. The number of fused-ring (bicyclic) bond motifs is 3. The van der Waals surface area contributed by atoms with Crippen LogP contribution in [0.2, 0.25) is 0 Å². The molecule has 1 saturated heterocycles. The molecule has 3 heterocycles. The Morgan fingerprint density at radius 1 is 1.00 bits per heavy atom. The number of aryl methyl sites for hydroxylation is 1. The monoisotopic (exact) mass is 444 g/mol. The Kier molecular flexibility index (Phi) is 5.70. The maximum Gasteiger partial charge on any atom is 0.392 e. The lowest BCUT2D eigenvalue weighted by atomic mass is 10.0. The number of imide groups is 1. The Hall–Kier alpha value is -3.48. The van der Waals surface area contributed by atoms with Crippen molar-refractivity contribution in [2.75, 3.05) is 26.7 Å². The van der Waals surface area contributed by atoms with Gasteiger partial charge in [-0.1, -0.05) is 72.6 Å². The minimum absolute atomic E-state index is 0.159.